The molecule has 2 atom stereocenters. The van der Waals surface area contributed by atoms with E-state index in [2.05, 4.69) is 39.0 Å². The van der Waals surface area contributed by atoms with Gasteiger partial charge in [-0.3, -0.25) is 4.48 Å². The van der Waals surface area contributed by atoms with Crippen LogP contribution in [0.3, 0.4) is 0 Å². The molecule has 2 unspecified atom stereocenters. The summed E-state index contributed by atoms with van der Waals surface area (Å²) in [5.74, 6) is 0. The molecule has 19 heavy (non-hydrogen) atoms. The van der Waals surface area contributed by atoms with Crippen LogP contribution < -0.4 is 0 Å². The lowest BCUT2D eigenvalue weighted by Crippen LogP contribution is -2.64. The van der Waals surface area contributed by atoms with E-state index in [-0.39, 0.29) is 0 Å². The maximum absolute atomic E-state index is 12.1. The van der Waals surface area contributed by atoms with Gasteiger partial charge in [0.05, 0.1) is 12.1 Å². The molecule has 0 aromatic carbocycles. The number of rotatable bonds is 4. The normalized spacial score (nSPS) is 28.0. The van der Waals surface area contributed by atoms with Gasteiger partial charge in [-0.1, -0.05) is 24.1 Å². The van der Waals surface area contributed by atoms with Crippen LogP contribution in [0.1, 0.15) is 59.3 Å². The van der Waals surface area contributed by atoms with Gasteiger partial charge in [0.25, 0.3) is 0 Å². The Morgan fingerprint density at radius 2 is 1.95 bits per heavy atom. The topological polar surface area (TPSA) is 17.1 Å². The van der Waals surface area contributed by atoms with Crippen molar-refractivity contribution in [1.82, 2.24) is 0 Å². The van der Waals surface area contributed by atoms with Crippen LogP contribution in [0.4, 0.5) is 0 Å². The molecule has 1 fully saturated rings. The fourth-order valence-corrected chi connectivity index (χ4v) is 3.94. The van der Waals surface area contributed by atoms with Gasteiger partial charge in [0.2, 0.25) is 0 Å². The number of nitrogens with zero attached hydrogens (tertiary/aromatic N) is 1. The van der Waals surface area contributed by atoms with Gasteiger partial charge in [-0.25, -0.2) is 4.79 Å². The van der Waals surface area contributed by atoms with Crippen LogP contribution in [0, 0.1) is 0 Å². The number of amides is 1. The summed E-state index contributed by atoms with van der Waals surface area (Å²) >= 11 is 0. The van der Waals surface area contributed by atoms with E-state index in [1.807, 2.05) is 0 Å². The largest absolute Gasteiger partial charge is 0.302 e. The third-order valence-corrected chi connectivity index (χ3v) is 5.12. The van der Waals surface area contributed by atoms with Crippen molar-refractivity contribution in [2.45, 2.75) is 77.4 Å². The maximum atomic E-state index is 12.1. The van der Waals surface area contributed by atoms with Crippen LogP contribution in [0.15, 0.2) is 23.8 Å². The zero-order chi connectivity index (χ0) is 13.9. The Balaban J connectivity index is 2.28. The first kappa shape index (κ1) is 14.5. The van der Waals surface area contributed by atoms with Crippen LogP contribution in [0.25, 0.3) is 0 Å². The molecule has 0 aliphatic heterocycles. The molecule has 0 aromatic heterocycles. The number of quaternary nitrogens is 1. The third kappa shape index (κ3) is 2.69. The Hall–Kier alpha value is -0.890. The van der Waals surface area contributed by atoms with Crippen LogP contribution >= 0.6 is 0 Å². The summed E-state index contributed by atoms with van der Waals surface area (Å²) in [6.45, 7) is 6.56. The second-order valence-electron chi connectivity index (χ2n) is 6.50. The maximum Gasteiger partial charge on any atom is 0.302 e. The number of hydrogen-bond acceptors (Lipinski definition) is 1. The molecule has 1 saturated carbocycles. The summed E-state index contributed by atoms with van der Waals surface area (Å²) in [5.41, 5.74) is 1.33. The molecule has 2 heteroatoms. The summed E-state index contributed by atoms with van der Waals surface area (Å²) in [6.07, 6.45) is 15.4. The van der Waals surface area contributed by atoms with Crippen molar-refractivity contribution in [3.8, 4) is 0 Å². The molecular formula is C17H28NO+. The van der Waals surface area contributed by atoms with Crippen molar-refractivity contribution in [3.05, 3.63) is 23.8 Å². The summed E-state index contributed by atoms with van der Waals surface area (Å²) in [6, 6.07) is 1.22. The van der Waals surface area contributed by atoms with E-state index < -0.39 is 0 Å². The van der Waals surface area contributed by atoms with Crippen molar-refractivity contribution >= 4 is 6.41 Å². The first-order valence-electron chi connectivity index (χ1n) is 7.80. The predicted octanol–water partition coefficient (Wildman–Crippen LogP) is 3.98. The standard InChI is InChI=1S/C17H28NO/c1-14(2)18(13-19,16-7-5-4-6-8-16)17-11-9-15(3)10-12-17/h9-11,13-14,16-17H,4-8,12H2,1-3H3/q+1. The highest BCUT2D eigenvalue weighted by atomic mass is 16.1. The monoisotopic (exact) mass is 262 g/mol. The molecule has 2 nitrogen and oxygen atoms in total. The highest BCUT2D eigenvalue weighted by Gasteiger charge is 2.45. The van der Waals surface area contributed by atoms with Gasteiger partial charge in [0, 0.05) is 6.42 Å². The molecule has 2 aliphatic carbocycles. The summed E-state index contributed by atoms with van der Waals surface area (Å²) in [5, 5.41) is 0. The number of carbonyl (C=O) groups is 1. The highest BCUT2D eigenvalue weighted by Crippen LogP contribution is 2.35. The molecule has 106 valence electrons. The van der Waals surface area contributed by atoms with Gasteiger partial charge in [0.15, 0.2) is 0 Å². The van der Waals surface area contributed by atoms with E-state index in [9.17, 15) is 4.79 Å². The lowest BCUT2D eigenvalue weighted by atomic mass is 9.87. The first-order valence-corrected chi connectivity index (χ1v) is 7.80. The molecular weight excluding hydrogens is 234 g/mol. The summed E-state index contributed by atoms with van der Waals surface area (Å²) in [7, 11) is 0. The second-order valence-corrected chi connectivity index (χ2v) is 6.50. The molecule has 2 rings (SSSR count). The molecule has 0 bridgehead atoms. The molecule has 0 spiro atoms. The third-order valence-electron chi connectivity index (χ3n) is 5.12. The van der Waals surface area contributed by atoms with Gasteiger partial charge in [-0.15, -0.1) is 0 Å². The van der Waals surface area contributed by atoms with Gasteiger partial charge in [-0.2, -0.15) is 0 Å². The van der Waals surface area contributed by atoms with Crippen molar-refractivity contribution in [2.24, 2.45) is 0 Å². The van der Waals surface area contributed by atoms with Crippen LogP contribution in [0.5, 0.6) is 0 Å². The minimum absolute atomic E-state index is 0.337. The molecule has 0 heterocycles. The van der Waals surface area contributed by atoms with Gasteiger partial charge < -0.3 is 0 Å². The SMILES string of the molecule is CC1=CCC([N+](C=O)(C(C)C)C2CCCCC2)C=C1. The summed E-state index contributed by atoms with van der Waals surface area (Å²) < 4.78 is 0.639. The molecule has 0 radical (unpaired) electrons. The molecule has 1 amide bonds. The Morgan fingerprint density at radius 1 is 1.26 bits per heavy atom. The zero-order valence-electron chi connectivity index (χ0n) is 12.6. The predicted molar refractivity (Wildman–Crippen MR) is 79.6 cm³/mol. The number of allylic oxidation sites excluding steroid dienone is 2. The quantitative estimate of drug-likeness (QED) is 0.553. The van der Waals surface area contributed by atoms with E-state index in [0.29, 0.717) is 22.6 Å². The van der Waals surface area contributed by atoms with E-state index >= 15 is 0 Å². The lowest BCUT2D eigenvalue weighted by Gasteiger charge is -2.48. The Bertz CT molecular complexity index is 377. The first-order chi connectivity index (χ1) is 9.11. The van der Waals surface area contributed by atoms with Crippen molar-refractivity contribution in [3.63, 3.8) is 0 Å². The van der Waals surface area contributed by atoms with Gasteiger partial charge >= 0.3 is 6.41 Å². The fraction of sp³-hybridized carbons (Fsp3) is 0.706. The Kier molecular flexibility index (Phi) is 4.62. The van der Waals surface area contributed by atoms with Crippen LogP contribution in [-0.4, -0.2) is 29.0 Å². The van der Waals surface area contributed by atoms with E-state index in [4.69, 9.17) is 0 Å². The molecule has 2 aliphatic rings. The Labute approximate surface area is 117 Å². The molecule has 0 saturated heterocycles. The minimum Gasteiger partial charge on any atom is -0.253 e. The van der Waals surface area contributed by atoms with Gasteiger partial charge in [0.1, 0.15) is 6.04 Å². The number of hydrogen-bond donors (Lipinski definition) is 0. The van der Waals surface area contributed by atoms with Crippen molar-refractivity contribution in [1.29, 1.82) is 0 Å². The molecule has 0 N–H and O–H groups in total. The van der Waals surface area contributed by atoms with E-state index in [1.54, 1.807) is 0 Å². The summed E-state index contributed by atoms with van der Waals surface area (Å²) in [4.78, 5) is 12.1. The average Bonchev–Trinajstić information content (AvgIpc) is 2.43. The molecule has 0 aromatic rings. The lowest BCUT2D eigenvalue weighted by molar-refractivity contribution is -0.910. The van der Waals surface area contributed by atoms with Gasteiger partial charge in [-0.05, 0) is 52.5 Å². The van der Waals surface area contributed by atoms with Crippen LogP contribution in [-0.2, 0) is 4.79 Å². The van der Waals surface area contributed by atoms with Crippen LogP contribution in [0.2, 0.25) is 0 Å². The zero-order valence-corrected chi connectivity index (χ0v) is 12.6. The van der Waals surface area contributed by atoms with E-state index in [1.165, 1.54) is 44.1 Å². The minimum atomic E-state index is 0.337. The number of carbonyl (C=O) groups excluding carboxylic acids is 1. The Morgan fingerprint density at radius 3 is 2.42 bits per heavy atom. The average molecular weight is 262 g/mol. The second kappa shape index (κ2) is 6.04. The van der Waals surface area contributed by atoms with Crippen molar-refractivity contribution in [2.75, 3.05) is 0 Å². The fourth-order valence-electron chi connectivity index (χ4n) is 3.94. The van der Waals surface area contributed by atoms with Crippen molar-refractivity contribution < 1.29 is 9.28 Å². The van der Waals surface area contributed by atoms with E-state index in [0.717, 1.165) is 6.42 Å². The smallest absolute Gasteiger partial charge is 0.253 e. The highest BCUT2D eigenvalue weighted by molar-refractivity contribution is 5.40.